The number of rotatable bonds is 1. The molecule has 0 heterocycles. The van der Waals surface area contributed by atoms with Crippen LogP contribution in [-0.4, -0.2) is 4.87 Å². The maximum Gasteiger partial charge on any atom is 0.0867 e. The highest BCUT2D eigenvalue weighted by atomic mass is 35.5. The summed E-state index contributed by atoms with van der Waals surface area (Å²) in [6.45, 7) is 4.17. The molecule has 2 heteroatoms. The van der Waals surface area contributed by atoms with Gasteiger partial charge in [-0.15, -0.1) is 23.2 Å². The molecule has 1 aliphatic carbocycles. The van der Waals surface area contributed by atoms with Crippen LogP contribution in [0.1, 0.15) is 20.3 Å². The van der Waals surface area contributed by atoms with E-state index >= 15 is 0 Å². The lowest BCUT2D eigenvalue weighted by Gasteiger charge is -2.08. The molecule has 1 atom stereocenters. The SMILES string of the molecule is CC(C)C1(Cl)C[C]1Cl. The van der Waals surface area contributed by atoms with Gasteiger partial charge in [-0.3, -0.25) is 0 Å². The molecule has 1 aliphatic rings. The predicted molar refractivity (Wildman–Crippen MR) is 37.1 cm³/mol. The molecule has 8 heavy (non-hydrogen) atoms. The van der Waals surface area contributed by atoms with Crippen molar-refractivity contribution in [2.75, 3.05) is 0 Å². The Morgan fingerprint density at radius 1 is 1.62 bits per heavy atom. The van der Waals surface area contributed by atoms with Gasteiger partial charge in [0.25, 0.3) is 0 Å². The summed E-state index contributed by atoms with van der Waals surface area (Å²) in [4.78, 5) is -0.137. The van der Waals surface area contributed by atoms with Crippen LogP contribution in [0.15, 0.2) is 0 Å². The molecular weight excluding hydrogens is 143 g/mol. The van der Waals surface area contributed by atoms with E-state index in [1.54, 1.807) is 0 Å². The van der Waals surface area contributed by atoms with E-state index in [1.807, 2.05) is 0 Å². The van der Waals surface area contributed by atoms with Crippen LogP contribution in [-0.2, 0) is 0 Å². The topological polar surface area (TPSA) is 0 Å². The molecule has 0 saturated heterocycles. The molecular formula is C6H9Cl2. The molecule has 0 aromatic rings. The van der Waals surface area contributed by atoms with Crippen LogP contribution in [0, 0.1) is 11.3 Å². The van der Waals surface area contributed by atoms with Crippen molar-refractivity contribution in [3.63, 3.8) is 0 Å². The van der Waals surface area contributed by atoms with E-state index in [-0.39, 0.29) is 4.87 Å². The molecule has 0 spiro atoms. The summed E-state index contributed by atoms with van der Waals surface area (Å²) in [6.07, 6.45) is 0.897. The van der Waals surface area contributed by atoms with Crippen molar-refractivity contribution in [2.24, 2.45) is 5.92 Å². The quantitative estimate of drug-likeness (QED) is 0.506. The first-order valence-corrected chi connectivity index (χ1v) is 3.53. The standard InChI is InChI=1S/C6H9Cl2/c1-4(2)6(8)3-5(6)7/h4H,3H2,1-2H3. The van der Waals surface area contributed by atoms with Crippen molar-refractivity contribution < 1.29 is 0 Å². The summed E-state index contributed by atoms with van der Waals surface area (Å²) in [5.41, 5.74) is 0. The monoisotopic (exact) mass is 151 g/mol. The second-order valence-corrected chi connectivity index (χ2v) is 3.73. The number of alkyl halides is 1. The van der Waals surface area contributed by atoms with Gasteiger partial charge in [0.1, 0.15) is 0 Å². The van der Waals surface area contributed by atoms with E-state index in [2.05, 4.69) is 13.8 Å². The fourth-order valence-electron chi connectivity index (χ4n) is 0.699. The van der Waals surface area contributed by atoms with Crippen LogP contribution in [0.3, 0.4) is 0 Å². The molecule has 1 rings (SSSR count). The first kappa shape index (κ1) is 6.70. The Balaban J connectivity index is 2.47. The van der Waals surface area contributed by atoms with Crippen molar-refractivity contribution in [3.8, 4) is 0 Å². The van der Waals surface area contributed by atoms with Gasteiger partial charge in [-0.2, -0.15) is 0 Å². The van der Waals surface area contributed by atoms with Gasteiger partial charge in [0, 0.05) is 0 Å². The Bertz CT molecular complexity index is 101. The lowest BCUT2D eigenvalue weighted by atomic mass is 10.1. The van der Waals surface area contributed by atoms with E-state index in [0.29, 0.717) is 5.92 Å². The second-order valence-electron chi connectivity index (χ2n) is 2.60. The number of hydrogen-bond donors (Lipinski definition) is 0. The molecule has 0 nitrogen and oxygen atoms in total. The van der Waals surface area contributed by atoms with Gasteiger partial charge in [0.15, 0.2) is 0 Å². The Morgan fingerprint density at radius 3 is 2.00 bits per heavy atom. The highest BCUT2D eigenvalue weighted by Crippen LogP contribution is 2.58. The molecule has 1 radical (unpaired) electrons. The third-order valence-electron chi connectivity index (χ3n) is 1.65. The van der Waals surface area contributed by atoms with Crippen LogP contribution in [0.4, 0.5) is 0 Å². The van der Waals surface area contributed by atoms with Gasteiger partial charge in [-0.05, 0) is 12.3 Å². The molecule has 1 unspecified atom stereocenters. The zero-order valence-electron chi connectivity index (χ0n) is 5.04. The fraction of sp³-hybridized carbons (Fsp3) is 0.833. The van der Waals surface area contributed by atoms with E-state index in [1.165, 1.54) is 0 Å². The minimum absolute atomic E-state index is 0.137. The van der Waals surface area contributed by atoms with Crippen molar-refractivity contribution in [1.82, 2.24) is 0 Å². The Labute approximate surface area is 60.2 Å². The third-order valence-corrected chi connectivity index (χ3v) is 3.02. The highest BCUT2D eigenvalue weighted by molar-refractivity contribution is 6.42. The molecule has 0 N–H and O–H groups in total. The molecule has 0 aromatic carbocycles. The van der Waals surface area contributed by atoms with Crippen molar-refractivity contribution >= 4 is 23.2 Å². The summed E-state index contributed by atoms with van der Waals surface area (Å²) in [6, 6.07) is 0. The molecule has 0 bridgehead atoms. The lowest BCUT2D eigenvalue weighted by molar-refractivity contribution is 0.606. The van der Waals surface area contributed by atoms with Crippen LogP contribution in [0.25, 0.3) is 0 Å². The molecule has 0 aromatic heterocycles. The van der Waals surface area contributed by atoms with E-state index in [0.717, 1.165) is 11.8 Å². The van der Waals surface area contributed by atoms with Crippen molar-refractivity contribution in [3.05, 3.63) is 5.38 Å². The fourth-order valence-corrected chi connectivity index (χ4v) is 1.33. The zero-order valence-corrected chi connectivity index (χ0v) is 6.55. The Morgan fingerprint density at radius 2 is 2.00 bits per heavy atom. The number of hydrogen-bond acceptors (Lipinski definition) is 0. The molecule has 0 amide bonds. The normalized spacial score (nSPS) is 38.6. The summed E-state index contributed by atoms with van der Waals surface area (Å²) in [5, 5.41) is 0.925. The first-order valence-electron chi connectivity index (χ1n) is 2.78. The summed E-state index contributed by atoms with van der Waals surface area (Å²) in [7, 11) is 0. The van der Waals surface area contributed by atoms with E-state index in [4.69, 9.17) is 23.2 Å². The van der Waals surface area contributed by atoms with Crippen LogP contribution < -0.4 is 0 Å². The van der Waals surface area contributed by atoms with Gasteiger partial charge in [-0.25, -0.2) is 0 Å². The van der Waals surface area contributed by atoms with Gasteiger partial charge < -0.3 is 0 Å². The first-order chi connectivity index (χ1) is 3.57. The van der Waals surface area contributed by atoms with Gasteiger partial charge in [-0.1, -0.05) is 13.8 Å². The molecule has 1 saturated carbocycles. The lowest BCUT2D eigenvalue weighted by Crippen LogP contribution is -2.08. The molecule has 47 valence electrons. The molecule has 1 fully saturated rings. The zero-order chi connectivity index (χ0) is 6.36. The smallest absolute Gasteiger partial charge is 0.0867 e. The van der Waals surface area contributed by atoms with Crippen LogP contribution >= 0.6 is 23.2 Å². The van der Waals surface area contributed by atoms with Gasteiger partial charge in [0.2, 0.25) is 0 Å². The average Bonchev–Trinajstić information content (AvgIpc) is 2.17. The second kappa shape index (κ2) is 1.78. The van der Waals surface area contributed by atoms with Gasteiger partial charge >= 0.3 is 0 Å². The summed E-state index contributed by atoms with van der Waals surface area (Å²) in [5.74, 6) is 0.483. The summed E-state index contributed by atoms with van der Waals surface area (Å²) >= 11 is 11.6. The maximum atomic E-state index is 5.96. The summed E-state index contributed by atoms with van der Waals surface area (Å²) < 4.78 is 0. The Hall–Kier alpha value is 0.580. The van der Waals surface area contributed by atoms with E-state index < -0.39 is 0 Å². The predicted octanol–water partition coefficient (Wildman–Crippen LogP) is 2.79. The largest absolute Gasteiger partial charge is 0.117 e. The highest BCUT2D eigenvalue weighted by Gasteiger charge is 2.54. The Kier molecular flexibility index (Phi) is 1.49. The molecule has 0 aliphatic heterocycles. The minimum atomic E-state index is -0.137. The van der Waals surface area contributed by atoms with Gasteiger partial charge in [0.05, 0.1) is 10.3 Å². The van der Waals surface area contributed by atoms with Crippen molar-refractivity contribution in [2.45, 2.75) is 25.1 Å². The minimum Gasteiger partial charge on any atom is -0.117 e. The van der Waals surface area contributed by atoms with Crippen LogP contribution in [0.5, 0.6) is 0 Å². The van der Waals surface area contributed by atoms with E-state index in [9.17, 15) is 0 Å². The third kappa shape index (κ3) is 0.844. The van der Waals surface area contributed by atoms with Crippen molar-refractivity contribution in [1.29, 1.82) is 0 Å². The van der Waals surface area contributed by atoms with Crippen LogP contribution in [0.2, 0.25) is 0 Å². The maximum absolute atomic E-state index is 5.96. The average molecular weight is 152 g/mol. The number of halogens is 2.